The van der Waals surface area contributed by atoms with Gasteiger partial charge in [0.25, 0.3) is 0 Å². The molecule has 1 fully saturated rings. The summed E-state index contributed by atoms with van der Waals surface area (Å²) in [4.78, 5) is 7.25. The third-order valence-corrected chi connectivity index (χ3v) is 5.51. The summed E-state index contributed by atoms with van der Waals surface area (Å²) in [6, 6.07) is 0. The molecule has 2 heterocycles. The van der Waals surface area contributed by atoms with E-state index >= 15 is 0 Å². The zero-order valence-corrected chi connectivity index (χ0v) is 14.6. The van der Waals surface area contributed by atoms with Gasteiger partial charge in [-0.1, -0.05) is 27.2 Å². The van der Waals surface area contributed by atoms with Crippen LogP contribution in [0.2, 0.25) is 0 Å². The van der Waals surface area contributed by atoms with Gasteiger partial charge in [-0.3, -0.25) is 4.90 Å². The zero-order valence-electron chi connectivity index (χ0n) is 13.8. The van der Waals surface area contributed by atoms with E-state index in [0.29, 0.717) is 6.61 Å². The molecule has 1 saturated heterocycles. The van der Waals surface area contributed by atoms with Gasteiger partial charge in [-0.2, -0.15) is 0 Å². The number of hydrogen-bond acceptors (Lipinski definition) is 4. The molecule has 1 aliphatic heterocycles. The van der Waals surface area contributed by atoms with Gasteiger partial charge >= 0.3 is 0 Å². The van der Waals surface area contributed by atoms with Crippen molar-refractivity contribution in [1.29, 1.82) is 0 Å². The molecule has 0 amide bonds. The first-order valence-electron chi connectivity index (χ1n) is 8.33. The van der Waals surface area contributed by atoms with Crippen LogP contribution in [0.4, 0.5) is 0 Å². The molecule has 1 atom stereocenters. The Balaban J connectivity index is 1.85. The van der Waals surface area contributed by atoms with Gasteiger partial charge in [-0.25, -0.2) is 4.98 Å². The van der Waals surface area contributed by atoms with E-state index in [9.17, 15) is 5.11 Å². The number of hydrogen-bond donors (Lipinski definition) is 1. The quantitative estimate of drug-likeness (QED) is 0.795. The minimum atomic E-state index is 0.144. The van der Waals surface area contributed by atoms with Gasteiger partial charge in [0.1, 0.15) is 0 Å². The molecule has 0 bridgehead atoms. The fourth-order valence-electron chi connectivity index (χ4n) is 3.28. The van der Waals surface area contributed by atoms with Crippen molar-refractivity contribution in [1.82, 2.24) is 9.88 Å². The van der Waals surface area contributed by atoms with Gasteiger partial charge in [0.15, 0.2) is 0 Å². The second-order valence-corrected chi connectivity index (χ2v) is 7.98. The maximum atomic E-state index is 9.72. The molecule has 0 aromatic carbocycles. The van der Waals surface area contributed by atoms with Crippen molar-refractivity contribution in [3.63, 3.8) is 0 Å². The van der Waals surface area contributed by atoms with Crippen LogP contribution in [0.3, 0.4) is 0 Å². The fraction of sp³-hybridized carbons (Fsp3) is 0.824. The summed E-state index contributed by atoms with van der Waals surface area (Å²) >= 11 is 1.80. The van der Waals surface area contributed by atoms with E-state index in [1.807, 2.05) is 0 Å². The highest BCUT2D eigenvalue weighted by Gasteiger charge is 2.36. The predicted molar refractivity (Wildman–Crippen MR) is 89.6 cm³/mol. The third-order valence-electron chi connectivity index (χ3n) is 4.55. The molecule has 3 nitrogen and oxygen atoms in total. The van der Waals surface area contributed by atoms with Gasteiger partial charge in [-0.05, 0) is 38.1 Å². The van der Waals surface area contributed by atoms with Crippen molar-refractivity contribution < 1.29 is 5.11 Å². The van der Waals surface area contributed by atoms with Gasteiger partial charge in [0.2, 0.25) is 0 Å². The highest BCUT2D eigenvalue weighted by molar-refractivity contribution is 7.09. The minimum absolute atomic E-state index is 0.144. The summed E-state index contributed by atoms with van der Waals surface area (Å²) in [5.74, 6) is 0.746. The maximum absolute atomic E-state index is 9.72. The summed E-state index contributed by atoms with van der Waals surface area (Å²) in [6.07, 6.45) is 5.75. The molecule has 1 aliphatic rings. The molecule has 0 spiro atoms. The minimum Gasteiger partial charge on any atom is -0.396 e. The van der Waals surface area contributed by atoms with Crippen LogP contribution in [0.25, 0.3) is 0 Å². The van der Waals surface area contributed by atoms with Crippen LogP contribution in [0.5, 0.6) is 0 Å². The SMILES string of the molecule is CCCC1(CO)CCN(Cc2csc(CCC(C)C)n2)C1. The van der Waals surface area contributed by atoms with E-state index in [0.717, 1.165) is 51.2 Å². The molecule has 0 saturated carbocycles. The van der Waals surface area contributed by atoms with Crippen molar-refractivity contribution >= 4 is 11.3 Å². The summed E-state index contributed by atoms with van der Waals surface area (Å²) in [7, 11) is 0. The van der Waals surface area contributed by atoms with Crippen molar-refractivity contribution in [2.45, 2.75) is 59.4 Å². The first-order valence-corrected chi connectivity index (χ1v) is 9.21. The Kier molecular flexibility index (Phi) is 6.20. The Hall–Kier alpha value is -0.450. The van der Waals surface area contributed by atoms with E-state index < -0.39 is 0 Å². The topological polar surface area (TPSA) is 36.4 Å². The van der Waals surface area contributed by atoms with E-state index in [1.54, 1.807) is 11.3 Å². The Morgan fingerprint density at radius 2 is 2.29 bits per heavy atom. The number of thiazole rings is 1. The number of nitrogens with zero attached hydrogens (tertiary/aromatic N) is 2. The Morgan fingerprint density at radius 1 is 1.48 bits per heavy atom. The summed E-state index contributed by atoms with van der Waals surface area (Å²) < 4.78 is 0. The van der Waals surface area contributed by atoms with Gasteiger partial charge in [0.05, 0.1) is 10.7 Å². The summed E-state index contributed by atoms with van der Waals surface area (Å²) in [6.45, 7) is 10.1. The van der Waals surface area contributed by atoms with Gasteiger partial charge in [-0.15, -0.1) is 11.3 Å². The van der Waals surface area contributed by atoms with Crippen molar-refractivity contribution in [3.8, 4) is 0 Å². The molecule has 0 radical (unpaired) electrons. The van der Waals surface area contributed by atoms with E-state index in [2.05, 4.69) is 31.1 Å². The molecule has 21 heavy (non-hydrogen) atoms. The maximum Gasteiger partial charge on any atom is 0.0928 e. The zero-order chi connectivity index (χ0) is 15.3. The van der Waals surface area contributed by atoms with Crippen molar-refractivity contribution in [2.24, 2.45) is 11.3 Å². The molecular weight excluding hydrogens is 280 g/mol. The lowest BCUT2D eigenvalue weighted by molar-refractivity contribution is 0.117. The monoisotopic (exact) mass is 310 g/mol. The normalized spacial score (nSPS) is 23.3. The van der Waals surface area contributed by atoms with Crippen molar-refractivity contribution in [3.05, 3.63) is 16.1 Å². The van der Waals surface area contributed by atoms with E-state index in [4.69, 9.17) is 4.98 Å². The molecular formula is C17H30N2OS. The molecule has 2 rings (SSSR count). The second-order valence-electron chi connectivity index (χ2n) is 7.03. The standard InChI is InChI=1S/C17H30N2OS/c1-4-7-17(13-20)8-9-19(12-17)10-15-11-21-16(18-15)6-5-14(2)3/h11,14,20H,4-10,12-13H2,1-3H3. The number of aryl methyl sites for hydroxylation is 1. The van der Waals surface area contributed by atoms with Crippen LogP contribution in [0, 0.1) is 11.3 Å². The Bertz CT molecular complexity index is 432. The lowest BCUT2D eigenvalue weighted by atomic mass is 9.83. The molecule has 0 aliphatic carbocycles. The highest BCUT2D eigenvalue weighted by Crippen LogP contribution is 2.35. The molecule has 4 heteroatoms. The number of aliphatic hydroxyl groups is 1. The number of aliphatic hydroxyl groups excluding tert-OH is 1. The molecule has 1 unspecified atom stereocenters. The Morgan fingerprint density at radius 3 is 2.95 bits per heavy atom. The average molecular weight is 311 g/mol. The van der Waals surface area contributed by atoms with E-state index in [-0.39, 0.29) is 5.41 Å². The number of aromatic nitrogens is 1. The average Bonchev–Trinajstić information content (AvgIpc) is 3.05. The number of likely N-dealkylation sites (tertiary alicyclic amines) is 1. The van der Waals surface area contributed by atoms with Crippen LogP contribution in [-0.2, 0) is 13.0 Å². The van der Waals surface area contributed by atoms with Gasteiger partial charge < -0.3 is 5.11 Å². The van der Waals surface area contributed by atoms with E-state index in [1.165, 1.54) is 17.1 Å². The van der Waals surface area contributed by atoms with Crippen LogP contribution >= 0.6 is 11.3 Å². The third kappa shape index (κ3) is 4.76. The van der Waals surface area contributed by atoms with Crippen LogP contribution < -0.4 is 0 Å². The predicted octanol–water partition coefficient (Wildman–Crippen LogP) is 3.72. The summed E-state index contributed by atoms with van der Waals surface area (Å²) in [5.41, 5.74) is 1.36. The Labute approximate surface area is 133 Å². The largest absolute Gasteiger partial charge is 0.396 e. The lowest BCUT2D eigenvalue weighted by Crippen LogP contribution is -2.30. The summed E-state index contributed by atoms with van der Waals surface area (Å²) in [5, 5.41) is 13.2. The second kappa shape index (κ2) is 7.70. The molecule has 1 N–H and O–H groups in total. The molecule has 1 aromatic rings. The van der Waals surface area contributed by atoms with Crippen LogP contribution in [0.15, 0.2) is 5.38 Å². The molecule has 1 aromatic heterocycles. The van der Waals surface area contributed by atoms with Crippen molar-refractivity contribution in [2.75, 3.05) is 19.7 Å². The van der Waals surface area contributed by atoms with Gasteiger partial charge in [0, 0.05) is 30.5 Å². The van der Waals surface area contributed by atoms with Crippen LogP contribution in [-0.4, -0.2) is 34.7 Å². The first-order chi connectivity index (χ1) is 10.1. The molecule has 120 valence electrons. The smallest absolute Gasteiger partial charge is 0.0928 e. The van der Waals surface area contributed by atoms with Crippen LogP contribution in [0.1, 0.15) is 57.2 Å². The first kappa shape index (κ1) is 16.9. The number of rotatable bonds is 8. The highest BCUT2D eigenvalue weighted by atomic mass is 32.1. The fourth-order valence-corrected chi connectivity index (χ4v) is 4.09. The lowest BCUT2D eigenvalue weighted by Gasteiger charge is -2.26.